The van der Waals surface area contributed by atoms with E-state index in [0.29, 0.717) is 47.8 Å². The number of furan rings is 1. The highest BCUT2D eigenvalue weighted by Crippen LogP contribution is 2.26. The highest BCUT2D eigenvalue weighted by molar-refractivity contribution is 5.93. The van der Waals surface area contributed by atoms with Crippen LogP contribution in [0.3, 0.4) is 0 Å². The first-order valence-corrected chi connectivity index (χ1v) is 9.31. The molecular weight excluding hydrogens is 388 g/mol. The van der Waals surface area contributed by atoms with Crippen molar-refractivity contribution in [1.29, 1.82) is 0 Å². The van der Waals surface area contributed by atoms with Crippen LogP contribution in [0, 0.1) is 0 Å². The van der Waals surface area contributed by atoms with Crippen LogP contribution in [0.1, 0.15) is 10.4 Å². The number of ether oxygens (including phenoxy) is 1. The first-order valence-electron chi connectivity index (χ1n) is 9.31. The minimum atomic E-state index is -0.557. The largest absolute Gasteiger partial charge is 0.462 e. The number of hydrogen-bond acceptors (Lipinski definition) is 9. The van der Waals surface area contributed by atoms with E-state index in [1.165, 1.54) is 6.26 Å². The van der Waals surface area contributed by atoms with E-state index in [1.807, 2.05) is 4.40 Å². The molecule has 1 aliphatic rings. The molecule has 30 heavy (non-hydrogen) atoms. The number of nitrogens with two attached hydrogens (primary N) is 1. The van der Waals surface area contributed by atoms with Gasteiger partial charge in [0.1, 0.15) is 12.0 Å². The zero-order valence-corrected chi connectivity index (χ0v) is 15.9. The van der Waals surface area contributed by atoms with E-state index < -0.39 is 5.91 Å². The number of nitrogens with one attached hydrogen (secondary N) is 1. The highest BCUT2D eigenvalue weighted by Gasteiger charge is 2.16. The number of carbonyl (C=O) groups is 1. The third-order valence-corrected chi connectivity index (χ3v) is 4.76. The summed E-state index contributed by atoms with van der Waals surface area (Å²) in [6, 6.07) is 1.57. The summed E-state index contributed by atoms with van der Waals surface area (Å²) in [5.74, 6) is 1.11. The molecule has 11 nitrogen and oxygen atoms in total. The fraction of sp³-hybridized carbons (Fsp3) is 0.211. The minimum Gasteiger partial charge on any atom is -0.462 e. The number of rotatable bonds is 5. The molecular formula is C19H18N8O3. The van der Waals surface area contributed by atoms with Crippen molar-refractivity contribution in [2.75, 3.05) is 36.5 Å². The molecule has 1 amide bonds. The highest BCUT2D eigenvalue weighted by atomic mass is 16.5. The summed E-state index contributed by atoms with van der Waals surface area (Å²) in [4.78, 5) is 31.1. The summed E-state index contributed by atoms with van der Waals surface area (Å²) in [6.45, 7) is 2.89. The Morgan fingerprint density at radius 1 is 1.10 bits per heavy atom. The molecule has 1 fully saturated rings. The molecule has 0 aliphatic carbocycles. The van der Waals surface area contributed by atoms with Crippen LogP contribution in [0.25, 0.3) is 17.1 Å². The van der Waals surface area contributed by atoms with Crippen molar-refractivity contribution < 1.29 is 13.9 Å². The second-order valence-electron chi connectivity index (χ2n) is 6.67. The molecule has 0 aromatic carbocycles. The molecule has 0 saturated carbocycles. The molecule has 5 heterocycles. The number of morpholine rings is 1. The van der Waals surface area contributed by atoms with E-state index in [-0.39, 0.29) is 5.56 Å². The smallest absolute Gasteiger partial charge is 0.251 e. The Morgan fingerprint density at radius 3 is 2.63 bits per heavy atom. The number of fused-ring (bicyclic) bond motifs is 1. The lowest BCUT2D eigenvalue weighted by molar-refractivity contribution is 0.0999. The van der Waals surface area contributed by atoms with Crippen molar-refractivity contribution in [3.8, 4) is 11.5 Å². The Labute approximate surface area is 170 Å². The van der Waals surface area contributed by atoms with Gasteiger partial charge in [-0.05, 0) is 6.07 Å². The van der Waals surface area contributed by atoms with Gasteiger partial charge in [0, 0.05) is 25.5 Å². The number of nitrogens with zero attached hydrogens (tertiary/aromatic N) is 6. The van der Waals surface area contributed by atoms with Gasteiger partial charge in [0.05, 0.1) is 43.1 Å². The maximum atomic E-state index is 11.3. The monoisotopic (exact) mass is 406 g/mol. The van der Waals surface area contributed by atoms with E-state index >= 15 is 0 Å². The van der Waals surface area contributed by atoms with Crippen LogP contribution in [0.15, 0.2) is 47.7 Å². The lowest BCUT2D eigenvalue weighted by Crippen LogP contribution is -2.37. The fourth-order valence-electron chi connectivity index (χ4n) is 3.24. The van der Waals surface area contributed by atoms with Gasteiger partial charge in [0.2, 0.25) is 5.95 Å². The Morgan fingerprint density at radius 2 is 1.90 bits per heavy atom. The summed E-state index contributed by atoms with van der Waals surface area (Å²) < 4.78 is 12.6. The van der Waals surface area contributed by atoms with Crippen LogP contribution < -0.4 is 16.0 Å². The molecule has 152 valence electrons. The molecule has 3 N–H and O–H groups in total. The number of anilines is 3. The van der Waals surface area contributed by atoms with Crippen molar-refractivity contribution in [2.45, 2.75) is 0 Å². The summed E-state index contributed by atoms with van der Waals surface area (Å²) in [7, 11) is 0. The Hall–Kier alpha value is -3.99. The van der Waals surface area contributed by atoms with Gasteiger partial charge in [-0.25, -0.2) is 19.9 Å². The van der Waals surface area contributed by atoms with Crippen LogP contribution in [-0.4, -0.2) is 56.5 Å². The molecule has 1 aliphatic heterocycles. The van der Waals surface area contributed by atoms with Crippen molar-refractivity contribution in [3.05, 3.63) is 48.9 Å². The molecule has 0 radical (unpaired) electrons. The fourth-order valence-corrected chi connectivity index (χ4v) is 3.24. The predicted octanol–water partition coefficient (Wildman–Crippen LogP) is 1.46. The normalized spacial score (nSPS) is 14.2. The molecule has 11 heteroatoms. The van der Waals surface area contributed by atoms with Gasteiger partial charge in [-0.3, -0.25) is 9.20 Å². The van der Waals surface area contributed by atoms with Gasteiger partial charge in [-0.1, -0.05) is 0 Å². The maximum absolute atomic E-state index is 11.3. The first-order chi connectivity index (χ1) is 14.7. The topological polar surface area (TPSA) is 137 Å². The lowest BCUT2D eigenvalue weighted by Gasteiger charge is -2.26. The van der Waals surface area contributed by atoms with Crippen molar-refractivity contribution in [1.82, 2.24) is 24.3 Å². The summed E-state index contributed by atoms with van der Waals surface area (Å²) >= 11 is 0. The molecule has 0 unspecified atom stereocenters. The van der Waals surface area contributed by atoms with Crippen LogP contribution >= 0.6 is 0 Å². The van der Waals surface area contributed by atoms with E-state index in [4.69, 9.17) is 14.9 Å². The number of carbonyl (C=O) groups excluding carboxylic acids is 1. The standard InChI is InChI=1S/C19H18N8O3/c20-16(28)12-7-15(30-11-12)14-10-22-17(18-21-1-2-27(14)18)25-13-8-23-19(24-9-13)26-3-5-29-6-4-26/h1-2,7-11H,3-6H2,(H2,20,28)(H,22,25). The van der Waals surface area contributed by atoms with Crippen LogP contribution in [0.5, 0.6) is 0 Å². The Bertz CT molecular complexity index is 1190. The van der Waals surface area contributed by atoms with Crippen molar-refractivity contribution in [2.24, 2.45) is 5.73 Å². The average molecular weight is 406 g/mol. The number of aromatic nitrogens is 5. The summed E-state index contributed by atoms with van der Waals surface area (Å²) in [5.41, 5.74) is 7.50. The van der Waals surface area contributed by atoms with E-state index in [1.54, 1.807) is 37.1 Å². The number of amides is 1. The quantitative estimate of drug-likeness (QED) is 0.504. The number of hydrogen-bond donors (Lipinski definition) is 2. The third-order valence-electron chi connectivity index (χ3n) is 4.76. The van der Waals surface area contributed by atoms with E-state index in [9.17, 15) is 4.79 Å². The summed E-state index contributed by atoms with van der Waals surface area (Å²) in [5, 5.41) is 3.20. The zero-order valence-electron chi connectivity index (χ0n) is 15.9. The minimum absolute atomic E-state index is 0.290. The van der Waals surface area contributed by atoms with E-state index in [2.05, 4.69) is 30.2 Å². The Kier molecular flexibility index (Phi) is 4.48. The van der Waals surface area contributed by atoms with Crippen LogP contribution in [-0.2, 0) is 4.74 Å². The average Bonchev–Trinajstić information content (AvgIpc) is 3.46. The number of primary amides is 1. The molecule has 4 aromatic rings. The van der Waals surface area contributed by atoms with Crippen LogP contribution in [0.2, 0.25) is 0 Å². The van der Waals surface area contributed by atoms with Gasteiger partial charge in [0.15, 0.2) is 17.2 Å². The first kappa shape index (κ1) is 18.1. The van der Waals surface area contributed by atoms with Crippen molar-refractivity contribution in [3.63, 3.8) is 0 Å². The Balaban J connectivity index is 1.41. The second kappa shape index (κ2) is 7.44. The predicted molar refractivity (Wildman–Crippen MR) is 108 cm³/mol. The third kappa shape index (κ3) is 3.31. The molecule has 1 saturated heterocycles. The molecule has 0 atom stereocenters. The van der Waals surface area contributed by atoms with Gasteiger partial charge in [-0.2, -0.15) is 0 Å². The SMILES string of the molecule is NC(=O)c1coc(-c2cnc(Nc3cnc(N4CCOCC4)nc3)c3nccn23)c1. The summed E-state index contributed by atoms with van der Waals surface area (Å²) in [6.07, 6.45) is 9.80. The van der Waals surface area contributed by atoms with Crippen LogP contribution in [0.4, 0.5) is 17.5 Å². The van der Waals surface area contributed by atoms with Gasteiger partial charge in [-0.15, -0.1) is 0 Å². The second-order valence-corrected chi connectivity index (χ2v) is 6.67. The zero-order chi connectivity index (χ0) is 20.5. The van der Waals surface area contributed by atoms with E-state index in [0.717, 1.165) is 13.1 Å². The maximum Gasteiger partial charge on any atom is 0.251 e. The lowest BCUT2D eigenvalue weighted by atomic mass is 10.2. The molecule has 4 aromatic heterocycles. The molecule has 0 bridgehead atoms. The number of imidazole rings is 1. The van der Waals surface area contributed by atoms with Gasteiger partial charge in [0.25, 0.3) is 5.91 Å². The van der Waals surface area contributed by atoms with Gasteiger partial charge < -0.3 is 25.1 Å². The molecule has 0 spiro atoms. The van der Waals surface area contributed by atoms with Crippen molar-refractivity contribution >= 4 is 29.0 Å². The molecule has 5 rings (SSSR count). The van der Waals surface area contributed by atoms with Gasteiger partial charge >= 0.3 is 0 Å².